The number of ether oxygens (including phenoxy) is 1. The lowest BCUT2D eigenvalue weighted by atomic mass is 9.98. The monoisotopic (exact) mass is 237 g/mol. The van der Waals surface area contributed by atoms with Crippen molar-refractivity contribution >= 4 is 0 Å². The molecule has 0 amide bonds. The molecule has 1 heterocycles. The second-order valence-corrected chi connectivity index (χ2v) is 4.84. The highest BCUT2D eigenvalue weighted by Crippen LogP contribution is 2.30. The van der Waals surface area contributed by atoms with E-state index in [4.69, 9.17) is 4.74 Å². The first kappa shape index (κ1) is 12.5. The van der Waals surface area contributed by atoms with Crippen molar-refractivity contribution in [2.45, 2.75) is 44.9 Å². The van der Waals surface area contributed by atoms with E-state index in [9.17, 15) is 4.39 Å². The molecule has 0 aromatic heterocycles. The average Bonchev–Trinajstić information content (AvgIpc) is 2.71. The SMILES string of the molecule is CNC(c1ccc(C)c(F)c1)C1CCC(C)O1. The van der Waals surface area contributed by atoms with E-state index in [0.717, 1.165) is 18.4 Å². The van der Waals surface area contributed by atoms with Gasteiger partial charge in [0, 0.05) is 0 Å². The van der Waals surface area contributed by atoms with Crippen LogP contribution in [-0.4, -0.2) is 19.3 Å². The lowest BCUT2D eigenvalue weighted by Crippen LogP contribution is -2.29. The zero-order chi connectivity index (χ0) is 12.4. The van der Waals surface area contributed by atoms with Gasteiger partial charge in [-0.1, -0.05) is 12.1 Å². The second-order valence-electron chi connectivity index (χ2n) is 4.84. The van der Waals surface area contributed by atoms with Gasteiger partial charge in [0.05, 0.1) is 18.2 Å². The fourth-order valence-corrected chi connectivity index (χ4v) is 2.45. The average molecular weight is 237 g/mol. The smallest absolute Gasteiger partial charge is 0.126 e. The van der Waals surface area contributed by atoms with E-state index >= 15 is 0 Å². The van der Waals surface area contributed by atoms with Gasteiger partial charge in [-0.3, -0.25) is 0 Å². The van der Waals surface area contributed by atoms with Crippen molar-refractivity contribution in [3.05, 3.63) is 35.1 Å². The molecule has 1 aromatic carbocycles. The molecule has 0 radical (unpaired) electrons. The van der Waals surface area contributed by atoms with E-state index in [0.29, 0.717) is 11.7 Å². The van der Waals surface area contributed by atoms with Crippen molar-refractivity contribution in [3.63, 3.8) is 0 Å². The molecule has 2 nitrogen and oxygen atoms in total. The molecule has 0 spiro atoms. The maximum Gasteiger partial charge on any atom is 0.126 e. The topological polar surface area (TPSA) is 21.3 Å². The molecule has 0 saturated carbocycles. The van der Waals surface area contributed by atoms with Gasteiger partial charge in [-0.2, -0.15) is 0 Å². The third-order valence-electron chi connectivity index (χ3n) is 3.50. The van der Waals surface area contributed by atoms with Crippen LogP contribution in [0.4, 0.5) is 4.39 Å². The standard InChI is InChI=1S/C14H20FNO/c1-9-4-6-11(8-12(9)15)14(16-3)13-7-5-10(2)17-13/h4,6,8,10,13-14,16H,5,7H2,1-3H3. The van der Waals surface area contributed by atoms with E-state index < -0.39 is 0 Å². The summed E-state index contributed by atoms with van der Waals surface area (Å²) in [6.07, 6.45) is 2.57. The van der Waals surface area contributed by atoms with Crippen molar-refractivity contribution in [1.82, 2.24) is 5.32 Å². The Bertz CT molecular complexity index is 394. The first-order valence-electron chi connectivity index (χ1n) is 6.20. The molecule has 1 aliphatic rings. The molecule has 2 rings (SSSR count). The third-order valence-corrected chi connectivity index (χ3v) is 3.50. The molecule has 1 aromatic rings. The number of aryl methyl sites for hydroxylation is 1. The van der Waals surface area contributed by atoms with Crippen LogP contribution < -0.4 is 5.32 Å². The fourth-order valence-electron chi connectivity index (χ4n) is 2.45. The van der Waals surface area contributed by atoms with E-state index in [1.165, 1.54) is 0 Å². The lowest BCUT2D eigenvalue weighted by molar-refractivity contribution is 0.0332. The van der Waals surface area contributed by atoms with Crippen LogP contribution >= 0.6 is 0 Å². The molecule has 17 heavy (non-hydrogen) atoms. The molecule has 3 heteroatoms. The summed E-state index contributed by atoms with van der Waals surface area (Å²) < 4.78 is 19.4. The van der Waals surface area contributed by atoms with Crippen LogP contribution in [0.3, 0.4) is 0 Å². The zero-order valence-corrected chi connectivity index (χ0v) is 10.7. The Labute approximate surface area is 102 Å². The summed E-state index contributed by atoms with van der Waals surface area (Å²) in [5.41, 5.74) is 1.65. The van der Waals surface area contributed by atoms with Gasteiger partial charge in [0.15, 0.2) is 0 Å². The fraction of sp³-hybridized carbons (Fsp3) is 0.571. The minimum absolute atomic E-state index is 0.0787. The van der Waals surface area contributed by atoms with Crippen molar-refractivity contribution in [3.8, 4) is 0 Å². The number of hydrogen-bond acceptors (Lipinski definition) is 2. The summed E-state index contributed by atoms with van der Waals surface area (Å²) in [5.74, 6) is -0.145. The van der Waals surface area contributed by atoms with Crippen molar-refractivity contribution in [2.75, 3.05) is 7.05 Å². The van der Waals surface area contributed by atoms with Crippen LogP contribution in [0.2, 0.25) is 0 Å². The summed E-state index contributed by atoms with van der Waals surface area (Å²) in [6, 6.07) is 5.50. The van der Waals surface area contributed by atoms with Gasteiger partial charge in [0.1, 0.15) is 5.82 Å². The Kier molecular flexibility index (Phi) is 3.79. The van der Waals surface area contributed by atoms with Crippen molar-refractivity contribution < 1.29 is 9.13 Å². The van der Waals surface area contributed by atoms with Gasteiger partial charge in [0.25, 0.3) is 0 Å². The largest absolute Gasteiger partial charge is 0.373 e. The molecule has 94 valence electrons. The summed E-state index contributed by atoms with van der Waals surface area (Å²) in [5, 5.41) is 3.24. The Hall–Kier alpha value is -0.930. The van der Waals surface area contributed by atoms with Gasteiger partial charge >= 0.3 is 0 Å². The molecule has 1 aliphatic heterocycles. The normalized spacial score (nSPS) is 26.1. The molecule has 0 aliphatic carbocycles. The molecular weight excluding hydrogens is 217 g/mol. The minimum atomic E-state index is -0.145. The van der Waals surface area contributed by atoms with Gasteiger partial charge in [-0.05, 0) is 50.9 Å². The number of nitrogens with one attached hydrogen (secondary N) is 1. The second kappa shape index (κ2) is 5.15. The summed E-state index contributed by atoms with van der Waals surface area (Å²) in [4.78, 5) is 0. The lowest BCUT2D eigenvalue weighted by Gasteiger charge is -2.23. The van der Waals surface area contributed by atoms with Gasteiger partial charge in [-0.25, -0.2) is 4.39 Å². The molecular formula is C14H20FNO. The maximum atomic E-state index is 13.6. The van der Waals surface area contributed by atoms with Gasteiger partial charge < -0.3 is 10.1 Å². The Balaban J connectivity index is 2.20. The van der Waals surface area contributed by atoms with Crippen molar-refractivity contribution in [1.29, 1.82) is 0 Å². The summed E-state index contributed by atoms with van der Waals surface area (Å²) in [7, 11) is 1.90. The third kappa shape index (κ3) is 2.67. The number of likely N-dealkylation sites (N-methyl/N-ethyl adjacent to an activating group) is 1. The van der Waals surface area contributed by atoms with Gasteiger partial charge in [-0.15, -0.1) is 0 Å². The quantitative estimate of drug-likeness (QED) is 0.872. The Morgan fingerprint density at radius 3 is 2.71 bits per heavy atom. The number of hydrogen-bond donors (Lipinski definition) is 1. The first-order chi connectivity index (χ1) is 8.11. The highest BCUT2D eigenvalue weighted by Gasteiger charge is 2.29. The van der Waals surface area contributed by atoms with Crippen LogP contribution in [0.25, 0.3) is 0 Å². The van der Waals surface area contributed by atoms with Crippen LogP contribution in [0.15, 0.2) is 18.2 Å². The molecule has 3 unspecified atom stereocenters. The maximum absolute atomic E-state index is 13.6. The minimum Gasteiger partial charge on any atom is -0.373 e. The van der Waals surface area contributed by atoms with Crippen LogP contribution in [-0.2, 0) is 4.74 Å². The Morgan fingerprint density at radius 1 is 1.41 bits per heavy atom. The zero-order valence-electron chi connectivity index (χ0n) is 10.7. The predicted octanol–water partition coefficient (Wildman–Crippen LogP) is 2.96. The summed E-state index contributed by atoms with van der Waals surface area (Å²) in [6.45, 7) is 3.87. The molecule has 1 N–H and O–H groups in total. The van der Waals surface area contributed by atoms with E-state index in [2.05, 4.69) is 12.2 Å². The first-order valence-corrected chi connectivity index (χ1v) is 6.20. The molecule has 1 fully saturated rings. The highest BCUT2D eigenvalue weighted by molar-refractivity contribution is 5.26. The molecule has 1 saturated heterocycles. The van der Waals surface area contributed by atoms with Crippen molar-refractivity contribution in [2.24, 2.45) is 0 Å². The number of rotatable bonds is 3. The van der Waals surface area contributed by atoms with E-state index in [-0.39, 0.29) is 18.0 Å². The van der Waals surface area contributed by atoms with Crippen LogP contribution in [0.1, 0.15) is 36.9 Å². The number of benzene rings is 1. The Morgan fingerprint density at radius 2 is 2.18 bits per heavy atom. The predicted molar refractivity (Wildman–Crippen MR) is 66.5 cm³/mol. The van der Waals surface area contributed by atoms with Crippen LogP contribution in [0.5, 0.6) is 0 Å². The summed E-state index contributed by atoms with van der Waals surface area (Å²) >= 11 is 0. The number of halogens is 1. The van der Waals surface area contributed by atoms with Gasteiger partial charge in [0.2, 0.25) is 0 Å². The van der Waals surface area contributed by atoms with E-state index in [1.807, 2.05) is 19.2 Å². The molecule has 0 bridgehead atoms. The molecule has 3 atom stereocenters. The van der Waals surface area contributed by atoms with E-state index in [1.54, 1.807) is 13.0 Å². The highest BCUT2D eigenvalue weighted by atomic mass is 19.1. The van der Waals surface area contributed by atoms with Crippen LogP contribution in [0, 0.1) is 12.7 Å².